The van der Waals surface area contributed by atoms with Crippen LogP contribution in [0.15, 0.2) is 0 Å². The van der Waals surface area contributed by atoms with Crippen LogP contribution in [0.25, 0.3) is 0 Å². The summed E-state index contributed by atoms with van der Waals surface area (Å²) in [6, 6.07) is 0. The quantitative estimate of drug-likeness (QED) is 0.736. The molecule has 2 nitrogen and oxygen atoms in total. The van der Waals surface area contributed by atoms with E-state index < -0.39 is 18.2 Å². The first-order valence-corrected chi connectivity index (χ1v) is 4.55. The summed E-state index contributed by atoms with van der Waals surface area (Å²) in [4.78, 5) is 0. The maximum atomic E-state index is 11.8. The zero-order chi connectivity index (χ0) is 11.2. The number of ether oxygens (including phenoxy) is 1. The molecule has 0 aliphatic heterocycles. The van der Waals surface area contributed by atoms with Crippen molar-refractivity contribution in [1.82, 2.24) is 0 Å². The molecular weight excluding hydrogens is 197 g/mol. The molecule has 1 N–H and O–H groups in total. The van der Waals surface area contributed by atoms with Crippen LogP contribution in [0.1, 0.15) is 32.6 Å². The summed E-state index contributed by atoms with van der Waals surface area (Å²) < 4.78 is 40.1. The molecule has 0 aromatic rings. The van der Waals surface area contributed by atoms with E-state index in [0.29, 0.717) is 13.0 Å². The lowest BCUT2D eigenvalue weighted by molar-refractivity contribution is -0.137. The van der Waals surface area contributed by atoms with Gasteiger partial charge in [0.25, 0.3) is 0 Å². The fourth-order valence-electron chi connectivity index (χ4n) is 1.12. The van der Waals surface area contributed by atoms with E-state index >= 15 is 0 Å². The Labute approximate surface area is 82.1 Å². The Hall–Kier alpha value is -0.290. The molecule has 0 rings (SSSR count). The number of aliphatic hydroxyl groups is 1. The minimum absolute atomic E-state index is 0.0415. The van der Waals surface area contributed by atoms with Crippen molar-refractivity contribution in [2.75, 3.05) is 13.7 Å². The normalized spacial score (nSPS) is 16.7. The van der Waals surface area contributed by atoms with E-state index in [9.17, 15) is 18.3 Å². The van der Waals surface area contributed by atoms with Gasteiger partial charge in [-0.25, -0.2) is 0 Å². The van der Waals surface area contributed by atoms with Crippen molar-refractivity contribution in [3.05, 3.63) is 0 Å². The number of hydrogen-bond donors (Lipinski definition) is 1. The highest BCUT2D eigenvalue weighted by Gasteiger charge is 2.28. The molecule has 0 spiro atoms. The Morgan fingerprint density at radius 2 is 1.71 bits per heavy atom. The predicted molar refractivity (Wildman–Crippen MR) is 47.0 cm³/mol. The molecule has 0 bridgehead atoms. The molecule has 0 amide bonds. The molecule has 0 aliphatic carbocycles. The molecule has 0 aromatic heterocycles. The van der Waals surface area contributed by atoms with Gasteiger partial charge in [0.2, 0.25) is 0 Å². The standard InChI is InChI=1S/C9H17F3O2/c1-8(13,6-7-14-2)4-3-5-9(10,11)12/h13H,3-7H2,1-2H3. The van der Waals surface area contributed by atoms with Crippen LogP contribution >= 0.6 is 0 Å². The van der Waals surface area contributed by atoms with Gasteiger partial charge in [0.15, 0.2) is 0 Å². The highest BCUT2D eigenvalue weighted by molar-refractivity contribution is 4.72. The van der Waals surface area contributed by atoms with Crippen molar-refractivity contribution < 1.29 is 23.0 Å². The highest BCUT2D eigenvalue weighted by atomic mass is 19.4. The van der Waals surface area contributed by atoms with Crippen molar-refractivity contribution in [2.45, 2.75) is 44.4 Å². The molecule has 1 atom stereocenters. The van der Waals surface area contributed by atoms with Crippen LogP contribution in [0.4, 0.5) is 13.2 Å². The first kappa shape index (κ1) is 13.7. The van der Waals surface area contributed by atoms with E-state index in [2.05, 4.69) is 0 Å². The maximum Gasteiger partial charge on any atom is 0.389 e. The average Bonchev–Trinajstić information content (AvgIpc) is 1.98. The van der Waals surface area contributed by atoms with Gasteiger partial charge < -0.3 is 9.84 Å². The summed E-state index contributed by atoms with van der Waals surface area (Å²) in [7, 11) is 1.49. The maximum absolute atomic E-state index is 11.8. The lowest BCUT2D eigenvalue weighted by atomic mass is 9.95. The van der Waals surface area contributed by atoms with Gasteiger partial charge >= 0.3 is 6.18 Å². The van der Waals surface area contributed by atoms with Gasteiger partial charge in [0.1, 0.15) is 0 Å². The Balaban J connectivity index is 3.65. The zero-order valence-electron chi connectivity index (χ0n) is 8.52. The fraction of sp³-hybridized carbons (Fsp3) is 1.00. The number of methoxy groups -OCH3 is 1. The Morgan fingerprint density at radius 3 is 2.14 bits per heavy atom. The molecule has 0 heterocycles. The van der Waals surface area contributed by atoms with Crippen molar-refractivity contribution in [2.24, 2.45) is 0 Å². The first-order valence-electron chi connectivity index (χ1n) is 4.55. The lowest BCUT2D eigenvalue weighted by Crippen LogP contribution is -2.26. The van der Waals surface area contributed by atoms with Crippen LogP contribution in [0, 0.1) is 0 Å². The second-order valence-electron chi connectivity index (χ2n) is 3.71. The smallest absolute Gasteiger partial charge is 0.389 e. The van der Waals surface area contributed by atoms with Gasteiger partial charge in [-0.3, -0.25) is 0 Å². The Kier molecular flexibility index (Phi) is 5.44. The Morgan fingerprint density at radius 1 is 1.14 bits per heavy atom. The van der Waals surface area contributed by atoms with Crippen LogP contribution in [-0.4, -0.2) is 30.6 Å². The number of hydrogen-bond acceptors (Lipinski definition) is 2. The second kappa shape index (κ2) is 5.56. The topological polar surface area (TPSA) is 29.5 Å². The third-order valence-corrected chi connectivity index (χ3v) is 2.02. The van der Waals surface area contributed by atoms with Gasteiger partial charge in [0.05, 0.1) is 5.60 Å². The average molecular weight is 214 g/mol. The number of halogens is 3. The first-order chi connectivity index (χ1) is 6.27. The van der Waals surface area contributed by atoms with Crippen LogP contribution < -0.4 is 0 Å². The molecule has 0 aliphatic rings. The molecule has 86 valence electrons. The molecule has 1 unspecified atom stereocenters. The lowest BCUT2D eigenvalue weighted by Gasteiger charge is -2.22. The molecule has 5 heteroatoms. The molecule has 0 fully saturated rings. The summed E-state index contributed by atoms with van der Waals surface area (Å²) in [5.74, 6) is 0. The molecule has 0 aromatic carbocycles. The fourth-order valence-corrected chi connectivity index (χ4v) is 1.12. The summed E-state index contributed by atoms with van der Waals surface area (Å²) in [5, 5.41) is 9.60. The number of rotatable bonds is 6. The van der Waals surface area contributed by atoms with Gasteiger partial charge in [-0.15, -0.1) is 0 Å². The van der Waals surface area contributed by atoms with E-state index in [1.807, 2.05) is 0 Å². The summed E-state index contributed by atoms with van der Waals surface area (Å²) >= 11 is 0. The van der Waals surface area contributed by atoms with Crippen molar-refractivity contribution in [3.8, 4) is 0 Å². The van der Waals surface area contributed by atoms with Gasteiger partial charge in [-0.2, -0.15) is 13.2 Å². The summed E-state index contributed by atoms with van der Waals surface area (Å²) in [5.41, 5.74) is -1.05. The molecular formula is C9H17F3O2. The summed E-state index contributed by atoms with van der Waals surface area (Å²) in [6.45, 7) is 1.89. The molecule has 0 saturated heterocycles. The van der Waals surface area contributed by atoms with E-state index in [1.165, 1.54) is 14.0 Å². The van der Waals surface area contributed by atoms with E-state index in [0.717, 1.165) is 0 Å². The SMILES string of the molecule is COCCC(C)(O)CCCC(F)(F)F. The monoisotopic (exact) mass is 214 g/mol. The third-order valence-electron chi connectivity index (χ3n) is 2.02. The van der Waals surface area contributed by atoms with Crippen LogP contribution in [0.2, 0.25) is 0 Å². The predicted octanol–water partition coefficient (Wildman–Crippen LogP) is 2.51. The second-order valence-corrected chi connectivity index (χ2v) is 3.71. The zero-order valence-corrected chi connectivity index (χ0v) is 8.52. The Bertz CT molecular complexity index is 155. The van der Waals surface area contributed by atoms with Crippen LogP contribution in [0.5, 0.6) is 0 Å². The van der Waals surface area contributed by atoms with Gasteiger partial charge in [0, 0.05) is 20.1 Å². The van der Waals surface area contributed by atoms with Gasteiger partial charge in [-0.05, 0) is 26.2 Å². The number of alkyl halides is 3. The minimum Gasteiger partial charge on any atom is -0.390 e. The van der Waals surface area contributed by atoms with Crippen LogP contribution in [-0.2, 0) is 4.74 Å². The van der Waals surface area contributed by atoms with E-state index in [4.69, 9.17) is 4.74 Å². The minimum atomic E-state index is -4.13. The highest BCUT2D eigenvalue weighted by Crippen LogP contribution is 2.25. The van der Waals surface area contributed by atoms with Crippen molar-refractivity contribution in [1.29, 1.82) is 0 Å². The van der Waals surface area contributed by atoms with Gasteiger partial charge in [-0.1, -0.05) is 0 Å². The largest absolute Gasteiger partial charge is 0.390 e. The molecule has 0 radical (unpaired) electrons. The molecule has 14 heavy (non-hydrogen) atoms. The van der Waals surface area contributed by atoms with E-state index in [-0.39, 0.29) is 12.8 Å². The van der Waals surface area contributed by atoms with Crippen molar-refractivity contribution in [3.63, 3.8) is 0 Å². The van der Waals surface area contributed by atoms with E-state index in [1.54, 1.807) is 0 Å². The molecule has 0 saturated carbocycles. The summed E-state index contributed by atoms with van der Waals surface area (Å²) in [6.07, 6.45) is -4.50. The van der Waals surface area contributed by atoms with Crippen LogP contribution in [0.3, 0.4) is 0 Å². The van der Waals surface area contributed by atoms with Crippen molar-refractivity contribution >= 4 is 0 Å². The third kappa shape index (κ3) is 8.31.